The molecule has 0 spiro atoms. The topological polar surface area (TPSA) is 70.0 Å². The van der Waals surface area contributed by atoms with Crippen LogP contribution in [-0.2, 0) is 0 Å². The minimum atomic E-state index is 0. The quantitative estimate of drug-likeness (QED) is 0.543. The number of fused-ring (bicyclic) bond motifs is 5. The van der Waals surface area contributed by atoms with Crippen molar-refractivity contribution in [2.45, 2.75) is 12.8 Å². The van der Waals surface area contributed by atoms with Gasteiger partial charge in [-0.05, 0) is 36.5 Å². The van der Waals surface area contributed by atoms with E-state index in [-0.39, 0.29) is 12.3 Å². The molecule has 0 heterocycles. The average Bonchev–Trinajstić information content (AvgIpc) is 2.60. The van der Waals surface area contributed by atoms with Crippen molar-refractivity contribution in [3.63, 3.8) is 0 Å². The van der Waals surface area contributed by atoms with Crippen LogP contribution in [0.25, 0.3) is 0 Å². The predicted molar refractivity (Wildman–Crippen MR) is 51.5 cm³/mol. The Labute approximate surface area is 73.9 Å². The van der Waals surface area contributed by atoms with Crippen molar-refractivity contribution in [3.05, 3.63) is 24.3 Å². The third-order valence-electron chi connectivity index (χ3n) is 3.46. The molecule has 3 aliphatic rings. The van der Waals surface area contributed by atoms with Crippen molar-refractivity contribution in [2.24, 2.45) is 23.7 Å². The van der Waals surface area contributed by atoms with Gasteiger partial charge in [-0.3, -0.25) is 0 Å². The monoisotopic (exact) mass is 166 g/mol. The molecule has 0 aliphatic heterocycles. The Bertz CT molecular complexity index is 220. The van der Waals surface area contributed by atoms with Crippen LogP contribution < -0.4 is 12.3 Å². The second kappa shape index (κ2) is 3.04. The van der Waals surface area contributed by atoms with Crippen LogP contribution in [0.2, 0.25) is 0 Å². The molecule has 0 amide bonds. The molecule has 12 heavy (non-hydrogen) atoms. The first-order valence-electron chi connectivity index (χ1n) is 4.30. The summed E-state index contributed by atoms with van der Waals surface area (Å²) in [4.78, 5) is 0. The number of hydrogen-bond acceptors (Lipinski definition) is 2. The molecule has 2 bridgehead atoms. The second-order valence-corrected chi connectivity index (χ2v) is 3.85. The Morgan fingerprint density at radius 1 is 0.917 bits per heavy atom. The summed E-state index contributed by atoms with van der Waals surface area (Å²) in [6.45, 7) is 0. The highest BCUT2D eigenvalue weighted by Gasteiger charge is 2.44. The molecule has 0 aromatic heterocycles. The van der Waals surface area contributed by atoms with Crippen LogP contribution in [0.15, 0.2) is 24.3 Å². The maximum atomic E-state index is 2.44. The standard InChI is InChI=1S/C10H12.2H3N/c1-2-9-7-4-5-8(6-7)10(9)3-1;;/h1-2,4-5,7-10H,3,6H2;2*1H3. The lowest BCUT2D eigenvalue weighted by Gasteiger charge is -2.18. The molecule has 6 N–H and O–H groups in total. The van der Waals surface area contributed by atoms with E-state index in [0.717, 1.165) is 23.7 Å². The second-order valence-electron chi connectivity index (χ2n) is 3.85. The maximum absolute atomic E-state index is 2.44. The van der Waals surface area contributed by atoms with Crippen LogP contribution in [0, 0.1) is 23.7 Å². The fourth-order valence-electron chi connectivity index (χ4n) is 2.97. The zero-order valence-corrected chi connectivity index (χ0v) is 7.45. The van der Waals surface area contributed by atoms with Gasteiger partial charge in [-0.15, -0.1) is 0 Å². The van der Waals surface area contributed by atoms with Gasteiger partial charge in [0.2, 0.25) is 0 Å². The molecule has 3 aliphatic carbocycles. The third-order valence-corrected chi connectivity index (χ3v) is 3.46. The first kappa shape index (κ1) is 9.49. The minimum absolute atomic E-state index is 0. The van der Waals surface area contributed by atoms with Crippen LogP contribution in [0.4, 0.5) is 0 Å². The number of hydrogen-bond donors (Lipinski definition) is 2. The van der Waals surface area contributed by atoms with Crippen molar-refractivity contribution in [3.8, 4) is 0 Å². The Hall–Kier alpha value is -0.600. The molecule has 2 nitrogen and oxygen atoms in total. The van der Waals surface area contributed by atoms with Crippen LogP contribution in [0.1, 0.15) is 12.8 Å². The van der Waals surface area contributed by atoms with Crippen molar-refractivity contribution in [1.29, 1.82) is 0 Å². The van der Waals surface area contributed by atoms with Gasteiger partial charge in [0.25, 0.3) is 0 Å². The summed E-state index contributed by atoms with van der Waals surface area (Å²) in [5.74, 6) is 3.82. The van der Waals surface area contributed by atoms with E-state index in [1.54, 1.807) is 0 Å². The molecule has 1 saturated carbocycles. The fourth-order valence-corrected chi connectivity index (χ4v) is 2.97. The smallest absolute Gasteiger partial charge is 0.0133 e. The summed E-state index contributed by atoms with van der Waals surface area (Å²) in [6.07, 6.45) is 12.5. The molecule has 4 unspecified atom stereocenters. The molecule has 0 saturated heterocycles. The van der Waals surface area contributed by atoms with E-state index in [9.17, 15) is 0 Å². The van der Waals surface area contributed by atoms with Gasteiger partial charge in [0.05, 0.1) is 0 Å². The lowest BCUT2D eigenvalue weighted by atomic mass is 9.86. The molecular formula is C10H18N2. The van der Waals surface area contributed by atoms with Gasteiger partial charge in [-0.2, -0.15) is 0 Å². The van der Waals surface area contributed by atoms with Crippen LogP contribution in [0.3, 0.4) is 0 Å². The molecular weight excluding hydrogens is 148 g/mol. The van der Waals surface area contributed by atoms with Crippen LogP contribution in [-0.4, -0.2) is 0 Å². The van der Waals surface area contributed by atoms with E-state index in [4.69, 9.17) is 0 Å². The predicted octanol–water partition coefficient (Wildman–Crippen LogP) is 2.71. The molecule has 2 heteroatoms. The van der Waals surface area contributed by atoms with E-state index in [1.165, 1.54) is 12.8 Å². The van der Waals surface area contributed by atoms with Crippen molar-refractivity contribution in [2.75, 3.05) is 0 Å². The highest BCUT2D eigenvalue weighted by atomic mass is 14.5. The third kappa shape index (κ3) is 0.952. The van der Waals surface area contributed by atoms with Gasteiger partial charge in [0, 0.05) is 0 Å². The van der Waals surface area contributed by atoms with E-state index in [2.05, 4.69) is 24.3 Å². The fraction of sp³-hybridized carbons (Fsp3) is 0.600. The Morgan fingerprint density at radius 3 is 2.42 bits per heavy atom. The molecule has 4 atom stereocenters. The molecule has 1 fully saturated rings. The number of allylic oxidation sites excluding steroid dienone is 4. The summed E-state index contributed by atoms with van der Waals surface area (Å²) in [6, 6.07) is 0. The van der Waals surface area contributed by atoms with Gasteiger partial charge < -0.3 is 12.3 Å². The van der Waals surface area contributed by atoms with E-state index >= 15 is 0 Å². The lowest BCUT2D eigenvalue weighted by molar-refractivity contribution is 0.398. The summed E-state index contributed by atoms with van der Waals surface area (Å²) < 4.78 is 0. The first-order valence-corrected chi connectivity index (χ1v) is 4.30. The average molecular weight is 166 g/mol. The molecule has 68 valence electrons. The maximum Gasteiger partial charge on any atom is -0.0133 e. The molecule has 3 rings (SSSR count). The Balaban J connectivity index is 0.000000360. The van der Waals surface area contributed by atoms with Crippen molar-refractivity contribution < 1.29 is 0 Å². The van der Waals surface area contributed by atoms with Crippen molar-refractivity contribution >= 4 is 0 Å². The molecule has 0 radical (unpaired) electrons. The first-order chi connectivity index (χ1) is 4.95. The van der Waals surface area contributed by atoms with Crippen LogP contribution >= 0.6 is 0 Å². The van der Waals surface area contributed by atoms with Gasteiger partial charge >= 0.3 is 0 Å². The normalized spacial score (nSPS) is 45.3. The summed E-state index contributed by atoms with van der Waals surface area (Å²) >= 11 is 0. The van der Waals surface area contributed by atoms with Gasteiger partial charge in [-0.1, -0.05) is 24.3 Å². The number of rotatable bonds is 0. The zero-order valence-electron chi connectivity index (χ0n) is 7.45. The van der Waals surface area contributed by atoms with E-state index in [1.807, 2.05) is 0 Å². The van der Waals surface area contributed by atoms with Gasteiger partial charge in [-0.25, -0.2) is 0 Å². The minimum Gasteiger partial charge on any atom is -0.344 e. The molecule has 0 aromatic rings. The summed E-state index contributed by atoms with van der Waals surface area (Å²) in [5.41, 5.74) is 0. The SMILES string of the molecule is C1=CC2C3C=CC(C3)C2C1.N.N. The van der Waals surface area contributed by atoms with Gasteiger partial charge in [0.15, 0.2) is 0 Å². The van der Waals surface area contributed by atoms with Crippen molar-refractivity contribution in [1.82, 2.24) is 12.3 Å². The van der Waals surface area contributed by atoms with E-state index in [0.29, 0.717) is 0 Å². The summed E-state index contributed by atoms with van der Waals surface area (Å²) in [7, 11) is 0. The Morgan fingerprint density at radius 2 is 1.67 bits per heavy atom. The van der Waals surface area contributed by atoms with Crippen LogP contribution in [0.5, 0.6) is 0 Å². The largest absolute Gasteiger partial charge is 0.344 e. The van der Waals surface area contributed by atoms with Gasteiger partial charge in [0.1, 0.15) is 0 Å². The Kier molecular flexibility index (Phi) is 2.40. The highest BCUT2D eigenvalue weighted by molar-refractivity contribution is 5.21. The molecule has 0 aromatic carbocycles. The van der Waals surface area contributed by atoms with E-state index < -0.39 is 0 Å². The summed E-state index contributed by atoms with van der Waals surface area (Å²) in [5, 5.41) is 0. The lowest BCUT2D eigenvalue weighted by Crippen LogP contribution is -2.12. The zero-order chi connectivity index (χ0) is 6.55. The highest BCUT2D eigenvalue weighted by Crippen LogP contribution is 2.52.